The predicted molar refractivity (Wildman–Crippen MR) is 262 cm³/mol. The van der Waals surface area contributed by atoms with Gasteiger partial charge in [0, 0.05) is 33.5 Å². The van der Waals surface area contributed by atoms with Gasteiger partial charge in [0.1, 0.15) is 0 Å². The van der Waals surface area contributed by atoms with Gasteiger partial charge >= 0.3 is 0 Å². The third-order valence-electron chi connectivity index (χ3n) is 12.5. The Hall–Kier alpha value is -7.94. The van der Waals surface area contributed by atoms with Crippen molar-refractivity contribution in [2.45, 2.75) is 6.42 Å². The third-order valence-corrected chi connectivity index (χ3v) is 12.5. The lowest BCUT2D eigenvalue weighted by Gasteiger charge is -2.30. The summed E-state index contributed by atoms with van der Waals surface area (Å²) in [6, 6.07) is 78.1. The molecule has 0 aliphatic heterocycles. The second-order valence-corrected chi connectivity index (χ2v) is 16.1. The monoisotopic (exact) mass is 776 g/mol. The summed E-state index contributed by atoms with van der Waals surface area (Å²) < 4.78 is 0. The Bertz CT molecular complexity index is 3510. The molecule has 0 N–H and O–H groups in total. The van der Waals surface area contributed by atoms with Crippen LogP contribution >= 0.6 is 0 Å². The first kappa shape index (κ1) is 35.0. The van der Waals surface area contributed by atoms with Gasteiger partial charge in [0.25, 0.3) is 0 Å². The Labute approximate surface area is 355 Å². The number of anilines is 5. The average Bonchev–Trinajstić information content (AvgIpc) is 3.54. The number of rotatable bonds is 6. The van der Waals surface area contributed by atoms with Crippen molar-refractivity contribution in [1.82, 2.24) is 0 Å². The van der Waals surface area contributed by atoms with E-state index in [9.17, 15) is 0 Å². The number of hydrogen-bond donors (Lipinski definition) is 0. The van der Waals surface area contributed by atoms with Crippen LogP contribution in [-0.2, 0) is 6.42 Å². The third kappa shape index (κ3) is 6.03. The van der Waals surface area contributed by atoms with Crippen molar-refractivity contribution in [3.8, 4) is 0 Å². The summed E-state index contributed by atoms with van der Waals surface area (Å²) in [6.45, 7) is 0. The SMILES string of the molecule is C1=CC(N(c2ccc3ccccc3c2)c2cc3c4ccccc4c(N(c4ccc5ccccc5c4)c4ccc5ccccc5c4)cc3c3ccccc23)=Cc2ccccc2C1. The summed E-state index contributed by atoms with van der Waals surface area (Å²) in [5, 5.41) is 14.6. The summed E-state index contributed by atoms with van der Waals surface area (Å²) in [7, 11) is 0. The van der Waals surface area contributed by atoms with E-state index in [0.717, 1.165) is 40.6 Å². The van der Waals surface area contributed by atoms with Crippen molar-refractivity contribution in [3.05, 3.63) is 241 Å². The molecule has 0 unspecified atom stereocenters. The van der Waals surface area contributed by atoms with Crippen LogP contribution in [0, 0.1) is 0 Å². The maximum Gasteiger partial charge on any atom is 0.0546 e. The first-order valence-electron chi connectivity index (χ1n) is 21.1. The quantitative estimate of drug-likeness (QED) is 0.155. The van der Waals surface area contributed by atoms with Crippen LogP contribution in [0.5, 0.6) is 0 Å². The second kappa shape index (κ2) is 14.4. The van der Waals surface area contributed by atoms with Crippen LogP contribution in [-0.4, -0.2) is 0 Å². The molecule has 11 aromatic carbocycles. The van der Waals surface area contributed by atoms with Gasteiger partial charge in [-0.25, -0.2) is 0 Å². The van der Waals surface area contributed by atoms with Crippen molar-refractivity contribution in [2.75, 3.05) is 9.80 Å². The standard InChI is InChI=1S/C59H40N2/c1-5-18-44-34-48(23-13-22-40(44)14-1)60(49-31-28-41-15-2-6-19-45(41)35-49)58-38-56-53-25-10-12-27-55(53)59(39-57(56)52-24-9-11-26-54(52)58)61(50-32-29-42-16-3-7-20-46(42)36-50)51-33-30-43-17-4-8-21-47(43)37-51/h1-21,23-39H,22H2. The minimum Gasteiger partial charge on any atom is -0.310 e. The predicted octanol–water partition coefficient (Wildman–Crippen LogP) is 16.4. The zero-order chi connectivity index (χ0) is 40.3. The molecule has 1 aliphatic rings. The molecule has 0 saturated carbocycles. The van der Waals surface area contributed by atoms with Gasteiger partial charge in [0.15, 0.2) is 0 Å². The number of benzene rings is 11. The van der Waals surface area contributed by atoms with Crippen LogP contribution in [0.15, 0.2) is 230 Å². The fraction of sp³-hybridized carbons (Fsp3) is 0.0169. The van der Waals surface area contributed by atoms with Crippen molar-refractivity contribution in [1.29, 1.82) is 0 Å². The lowest BCUT2D eigenvalue weighted by Crippen LogP contribution is -2.16. The average molecular weight is 777 g/mol. The van der Waals surface area contributed by atoms with Crippen molar-refractivity contribution in [3.63, 3.8) is 0 Å². The first-order chi connectivity index (χ1) is 30.2. The molecule has 286 valence electrons. The smallest absolute Gasteiger partial charge is 0.0546 e. The number of nitrogens with zero attached hydrogens (tertiary/aromatic N) is 2. The Morgan fingerprint density at radius 2 is 0.721 bits per heavy atom. The lowest BCUT2D eigenvalue weighted by molar-refractivity contribution is 1.23. The van der Waals surface area contributed by atoms with Crippen molar-refractivity contribution in [2.24, 2.45) is 0 Å². The Kier molecular flexibility index (Phi) is 8.28. The largest absolute Gasteiger partial charge is 0.310 e. The Morgan fingerprint density at radius 3 is 1.25 bits per heavy atom. The lowest BCUT2D eigenvalue weighted by atomic mass is 9.93. The molecule has 11 aromatic rings. The summed E-state index contributed by atoms with van der Waals surface area (Å²) in [5.74, 6) is 0. The molecule has 1 aliphatic carbocycles. The number of allylic oxidation sites excluding steroid dienone is 2. The summed E-state index contributed by atoms with van der Waals surface area (Å²) in [5.41, 5.74) is 9.36. The fourth-order valence-corrected chi connectivity index (χ4v) is 9.60. The Balaban J connectivity index is 1.15. The summed E-state index contributed by atoms with van der Waals surface area (Å²) >= 11 is 0. The molecule has 0 saturated heterocycles. The molecule has 0 heterocycles. The highest BCUT2D eigenvalue weighted by Crippen LogP contribution is 2.48. The number of hydrogen-bond acceptors (Lipinski definition) is 2. The number of fused-ring (bicyclic) bond motifs is 9. The second-order valence-electron chi connectivity index (χ2n) is 16.1. The summed E-state index contributed by atoms with van der Waals surface area (Å²) in [6.07, 6.45) is 7.86. The molecule has 0 fully saturated rings. The minimum atomic E-state index is 0.887. The van der Waals surface area contributed by atoms with Crippen LogP contribution in [0.4, 0.5) is 28.4 Å². The van der Waals surface area contributed by atoms with E-state index in [1.54, 1.807) is 0 Å². The van der Waals surface area contributed by atoms with Gasteiger partial charge in [-0.2, -0.15) is 0 Å². The van der Waals surface area contributed by atoms with E-state index in [1.165, 1.54) is 75.8 Å². The van der Waals surface area contributed by atoms with E-state index in [-0.39, 0.29) is 0 Å². The van der Waals surface area contributed by atoms with E-state index in [0.29, 0.717) is 0 Å². The van der Waals surface area contributed by atoms with Gasteiger partial charge < -0.3 is 9.80 Å². The molecule has 0 spiro atoms. The first-order valence-corrected chi connectivity index (χ1v) is 21.1. The molecular weight excluding hydrogens is 737 g/mol. The van der Waals surface area contributed by atoms with E-state index in [4.69, 9.17) is 0 Å². The normalized spacial score (nSPS) is 12.6. The molecule has 0 aromatic heterocycles. The maximum atomic E-state index is 2.48. The zero-order valence-electron chi connectivity index (χ0n) is 33.5. The molecule has 0 radical (unpaired) electrons. The minimum absolute atomic E-state index is 0.887. The zero-order valence-corrected chi connectivity index (χ0v) is 33.5. The van der Waals surface area contributed by atoms with Crippen molar-refractivity contribution < 1.29 is 0 Å². The Morgan fingerprint density at radius 1 is 0.311 bits per heavy atom. The molecule has 2 heteroatoms. The van der Waals surface area contributed by atoms with Crippen molar-refractivity contribution >= 4 is 99.1 Å². The molecular formula is C59H40N2. The molecule has 0 bridgehead atoms. The van der Waals surface area contributed by atoms with Crippen LogP contribution < -0.4 is 9.80 Å². The molecule has 0 atom stereocenters. The van der Waals surface area contributed by atoms with E-state index < -0.39 is 0 Å². The molecule has 0 amide bonds. The molecule has 61 heavy (non-hydrogen) atoms. The van der Waals surface area contributed by atoms with Crippen LogP contribution in [0.25, 0.3) is 70.7 Å². The van der Waals surface area contributed by atoms with Crippen LogP contribution in [0.3, 0.4) is 0 Å². The van der Waals surface area contributed by atoms with Crippen LogP contribution in [0.2, 0.25) is 0 Å². The fourth-order valence-electron chi connectivity index (χ4n) is 9.60. The van der Waals surface area contributed by atoms with E-state index in [1.807, 2.05) is 0 Å². The highest BCUT2D eigenvalue weighted by atomic mass is 15.2. The van der Waals surface area contributed by atoms with Gasteiger partial charge in [-0.3, -0.25) is 0 Å². The highest BCUT2D eigenvalue weighted by Gasteiger charge is 2.23. The van der Waals surface area contributed by atoms with Gasteiger partial charge in [-0.05, 0) is 132 Å². The van der Waals surface area contributed by atoms with Gasteiger partial charge in [-0.15, -0.1) is 0 Å². The summed E-state index contributed by atoms with van der Waals surface area (Å²) in [4.78, 5) is 4.94. The van der Waals surface area contributed by atoms with E-state index >= 15 is 0 Å². The van der Waals surface area contributed by atoms with E-state index in [2.05, 4.69) is 240 Å². The van der Waals surface area contributed by atoms with Gasteiger partial charge in [-0.1, -0.05) is 170 Å². The maximum absolute atomic E-state index is 2.48. The highest BCUT2D eigenvalue weighted by molar-refractivity contribution is 6.24. The van der Waals surface area contributed by atoms with Crippen LogP contribution in [0.1, 0.15) is 11.1 Å². The topological polar surface area (TPSA) is 6.48 Å². The van der Waals surface area contributed by atoms with Gasteiger partial charge in [0.2, 0.25) is 0 Å². The van der Waals surface area contributed by atoms with Gasteiger partial charge in [0.05, 0.1) is 11.4 Å². The molecule has 2 nitrogen and oxygen atoms in total. The molecule has 12 rings (SSSR count).